The van der Waals surface area contributed by atoms with Crippen LogP contribution in [0.1, 0.15) is 38.3 Å². The first-order valence-electron chi connectivity index (χ1n) is 5.83. The molecule has 1 heterocycles. The predicted molar refractivity (Wildman–Crippen MR) is 71.0 cm³/mol. The van der Waals surface area contributed by atoms with Gasteiger partial charge in [0.1, 0.15) is 0 Å². The minimum atomic E-state index is -0.582. The monoisotopic (exact) mass is 236 g/mol. The molecule has 0 spiro atoms. The summed E-state index contributed by atoms with van der Waals surface area (Å²) in [7, 11) is 0. The zero-order valence-corrected chi connectivity index (χ0v) is 11.1. The van der Waals surface area contributed by atoms with Crippen molar-refractivity contribution >= 4 is 11.8 Å². The summed E-state index contributed by atoms with van der Waals surface area (Å²) < 4.78 is 0. The molecule has 2 rings (SSSR count). The van der Waals surface area contributed by atoms with E-state index in [1.165, 1.54) is 5.56 Å². The second-order valence-electron chi connectivity index (χ2n) is 5.66. The Bertz CT molecular complexity index is 355. The Kier molecular flexibility index (Phi) is 3.06. The molecule has 0 radical (unpaired) electrons. The van der Waals surface area contributed by atoms with Gasteiger partial charge in [-0.25, -0.2) is 0 Å². The van der Waals surface area contributed by atoms with Crippen LogP contribution >= 0.6 is 11.8 Å². The third-order valence-corrected chi connectivity index (χ3v) is 4.46. The first-order chi connectivity index (χ1) is 7.42. The average molecular weight is 236 g/mol. The van der Waals surface area contributed by atoms with Crippen LogP contribution in [0.2, 0.25) is 0 Å². The highest BCUT2D eigenvalue weighted by Gasteiger charge is 2.33. The molecule has 1 aromatic rings. The second kappa shape index (κ2) is 4.08. The van der Waals surface area contributed by atoms with Crippen molar-refractivity contribution in [3.05, 3.63) is 35.4 Å². The summed E-state index contributed by atoms with van der Waals surface area (Å²) >= 11 is 1.84. The van der Waals surface area contributed by atoms with E-state index in [9.17, 15) is 5.11 Å². The molecule has 0 aromatic heterocycles. The number of aliphatic hydroxyl groups is 1. The lowest BCUT2D eigenvalue weighted by Gasteiger charge is -2.24. The Hall–Kier alpha value is -0.470. The summed E-state index contributed by atoms with van der Waals surface area (Å²) in [6.45, 7) is 6.63. The van der Waals surface area contributed by atoms with E-state index in [0.29, 0.717) is 0 Å². The molecule has 1 aliphatic heterocycles. The van der Waals surface area contributed by atoms with Crippen LogP contribution in [-0.4, -0.2) is 16.6 Å². The lowest BCUT2D eigenvalue weighted by Crippen LogP contribution is -2.25. The van der Waals surface area contributed by atoms with E-state index in [2.05, 4.69) is 45.0 Å². The maximum Gasteiger partial charge on any atom is 0.0994 e. The fraction of sp³-hybridized carbons (Fsp3) is 0.571. The molecule has 1 N–H and O–H groups in total. The van der Waals surface area contributed by atoms with Gasteiger partial charge in [0.2, 0.25) is 0 Å². The number of hydrogen-bond donors (Lipinski definition) is 1. The Morgan fingerprint density at radius 3 is 2.25 bits per heavy atom. The molecule has 1 atom stereocenters. The van der Waals surface area contributed by atoms with Crippen LogP contribution in [0.15, 0.2) is 24.3 Å². The predicted octanol–water partition coefficient (Wildman–Crippen LogP) is 3.31. The molecule has 0 saturated carbocycles. The zero-order valence-electron chi connectivity index (χ0n) is 10.3. The zero-order chi connectivity index (χ0) is 11.8. The molecule has 1 aliphatic rings. The van der Waals surface area contributed by atoms with Crippen LogP contribution in [0.5, 0.6) is 0 Å². The largest absolute Gasteiger partial charge is 0.384 e. The fourth-order valence-electron chi connectivity index (χ4n) is 2.06. The second-order valence-corrected chi connectivity index (χ2v) is 6.77. The molecule has 2 heteroatoms. The van der Waals surface area contributed by atoms with Crippen LogP contribution in [0.25, 0.3) is 0 Å². The van der Waals surface area contributed by atoms with Gasteiger partial charge in [0.15, 0.2) is 0 Å². The van der Waals surface area contributed by atoms with Gasteiger partial charge in [0.05, 0.1) is 5.60 Å². The summed E-state index contributed by atoms with van der Waals surface area (Å²) in [5.74, 6) is 1.90. The van der Waals surface area contributed by atoms with Crippen molar-refractivity contribution in [1.82, 2.24) is 0 Å². The Morgan fingerprint density at radius 2 is 1.81 bits per heavy atom. The van der Waals surface area contributed by atoms with Gasteiger partial charge in [-0.3, -0.25) is 0 Å². The fourth-order valence-corrected chi connectivity index (χ4v) is 3.34. The summed E-state index contributed by atoms with van der Waals surface area (Å²) in [5.41, 5.74) is 2.00. The molecule has 1 saturated heterocycles. The van der Waals surface area contributed by atoms with Crippen molar-refractivity contribution in [3.8, 4) is 0 Å². The van der Waals surface area contributed by atoms with Crippen molar-refractivity contribution < 1.29 is 5.11 Å². The van der Waals surface area contributed by atoms with Gasteiger partial charge in [-0.2, -0.15) is 11.8 Å². The first-order valence-corrected chi connectivity index (χ1v) is 6.98. The minimum absolute atomic E-state index is 0.186. The van der Waals surface area contributed by atoms with Crippen LogP contribution in [0, 0.1) is 0 Å². The van der Waals surface area contributed by atoms with E-state index < -0.39 is 5.60 Å². The molecule has 16 heavy (non-hydrogen) atoms. The van der Waals surface area contributed by atoms with Gasteiger partial charge in [-0.05, 0) is 28.7 Å². The van der Waals surface area contributed by atoms with Gasteiger partial charge in [-0.15, -0.1) is 0 Å². The van der Waals surface area contributed by atoms with Gasteiger partial charge in [0, 0.05) is 5.75 Å². The Morgan fingerprint density at radius 1 is 1.19 bits per heavy atom. The molecule has 88 valence electrons. The van der Waals surface area contributed by atoms with E-state index in [0.717, 1.165) is 23.5 Å². The van der Waals surface area contributed by atoms with E-state index in [-0.39, 0.29) is 5.41 Å². The highest BCUT2D eigenvalue weighted by Crippen LogP contribution is 2.37. The van der Waals surface area contributed by atoms with Gasteiger partial charge in [-0.1, -0.05) is 45.0 Å². The molecule has 0 bridgehead atoms. The van der Waals surface area contributed by atoms with Crippen molar-refractivity contribution in [2.75, 3.05) is 11.5 Å². The molecule has 1 unspecified atom stereocenters. The van der Waals surface area contributed by atoms with Crippen molar-refractivity contribution in [3.63, 3.8) is 0 Å². The number of thioether (sulfide) groups is 1. The highest BCUT2D eigenvalue weighted by molar-refractivity contribution is 7.99. The molecule has 1 fully saturated rings. The topological polar surface area (TPSA) is 20.2 Å². The number of hydrogen-bond acceptors (Lipinski definition) is 2. The van der Waals surface area contributed by atoms with Crippen molar-refractivity contribution in [2.45, 2.75) is 38.2 Å². The van der Waals surface area contributed by atoms with Crippen LogP contribution in [0.3, 0.4) is 0 Å². The SMILES string of the molecule is CC(C)(C)c1ccc(C2(O)CCSC2)cc1. The molecular weight excluding hydrogens is 216 g/mol. The van der Waals surface area contributed by atoms with Crippen molar-refractivity contribution in [2.24, 2.45) is 0 Å². The summed E-state index contributed by atoms with van der Waals surface area (Å²) in [6, 6.07) is 8.48. The van der Waals surface area contributed by atoms with E-state index in [1.807, 2.05) is 11.8 Å². The third-order valence-electron chi connectivity index (χ3n) is 3.29. The molecule has 0 aliphatic carbocycles. The normalized spacial score (nSPS) is 26.0. The lowest BCUT2D eigenvalue weighted by atomic mass is 9.84. The standard InChI is InChI=1S/C14H20OS/c1-13(2,3)11-4-6-12(7-5-11)14(15)8-9-16-10-14/h4-7,15H,8-10H2,1-3H3. The quantitative estimate of drug-likeness (QED) is 0.807. The maximum atomic E-state index is 10.4. The minimum Gasteiger partial charge on any atom is -0.384 e. The summed E-state index contributed by atoms with van der Waals surface area (Å²) in [4.78, 5) is 0. The van der Waals surface area contributed by atoms with E-state index in [1.54, 1.807) is 0 Å². The number of benzene rings is 1. The van der Waals surface area contributed by atoms with Gasteiger partial charge < -0.3 is 5.11 Å². The number of rotatable bonds is 1. The van der Waals surface area contributed by atoms with E-state index in [4.69, 9.17) is 0 Å². The highest BCUT2D eigenvalue weighted by atomic mass is 32.2. The van der Waals surface area contributed by atoms with Gasteiger partial charge >= 0.3 is 0 Å². The summed E-state index contributed by atoms with van der Waals surface area (Å²) in [6.07, 6.45) is 0.881. The molecule has 0 amide bonds. The summed E-state index contributed by atoms with van der Waals surface area (Å²) in [5, 5.41) is 10.4. The van der Waals surface area contributed by atoms with Crippen LogP contribution in [0.4, 0.5) is 0 Å². The smallest absolute Gasteiger partial charge is 0.0994 e. The Labute approximate surface area is 102 Å². The van der Waals surface area contributed by atoms with Crippen LogP contribution < -0.4 is 0 Å². The average Bonchev–Trinajstić information content (AvgIpc) is 2.66. The van der Waals surface area contributed by atoms with Crippen molar-refractivity contribution in [1.29, 1.82) is 0 Å². The maximum absolute atomic E-state index is 10.4. The molecule has 1 aromatic carbocycles. The van der Waals surface area contributed by atoms with Crippen LogP contribution in [-0.2, 0) is 11.0 Å². The third kappa shape index (κ3) is 2.28. The molecular formula is C14H20OS. The van der Waals surface area contributed by atoms with E-state index >= 15 is 0 Å². The first kappa shape index (κ1) is 12.0. The Balaban J connectivity index is 2.26. The molecule has 1 nitrogen and oxygen atoms in total. The lowest BCUT2D eigenvalue weighted by molar-refractivity contribution is 0.0657. The van der Waals surface area contributed by atoms with Gasteiger partial charge in [0.25, 0.3) is 0 Å².